The number of esters is 1. The maximum absolute atomic E-state index is 11.4. The van der Waals surface area contributed by atoms with Gasteiger partial charge in [0, 0.05) is 26.7 Å². The van der Waals surface area contributed by atoms with Crippen molar-refractivity contribution in [2.75, 3.05) is 33.4 Å². The van der Waals surface area contributed by atoms with Gasteiger partial charge in [0.15, 0.2) is 0 Å². The molecular formula is C12H22N2O4. The van der Waals surface area contributed by atoms with Gasteiger partial charge in [-0.3, -0.25) is 4.79 Å². The van der Waals surface area contributed by atoms with Gasteiger partial charge < -0.3 is 20.1 Å². The van der Waals surface area contributed by atoms with Gasteiger partial charge in [0.1, 0.15) is 6.04 Å². The Labute approximate surface area is 107 Å². The summed E-state index contributed by atoms with van der Waals surface area (Å²) in [6, 6.07) is -0.618. The van der Waals surface area contributed by atoms with Gasteiger partial charge in [0.25, 0.3) is 0 Å². The molecule has 0 spiro atoms. The van der Waals surface area contributed by atoms with Gasteiger partial charge in [-0.2, -0.15) is 0 Å². The van der Waals surface area contributed by atoms with Crippen molar-refractivity contribution in [3.05, 3.63) is 0 Å². The first-order valence-corrected chi connectivity index (χ1v) is 6.27. The lowest BCUT2D eigenvalue weighted by atomic mass is 10.0. The number of carbonyl (C=O) groups excluding carboxylic acids is 2. The molecule has 0 aromatic rings. The Morgan fingerprint density at radius 1 is 1.39 bits per heavy atom. The highest BCUT2D eigenvalue weighted by Crippen LogP contribution is 2.12. The van der Waals surface area contributed by atoms with Crippen LogP contribution in [0, 0.1) is 5.92 Å². The van der Waals surface area contributed by atoms with E-state index in [4.69, 9.17) is 4.74 Å². The molecule has 0 bridgehead atoms. The van der Waals surface area contributed by atoms with E-state index in [9.17, 15) is 9.59 Å². The number of rotatable bonds is 6. The highest BCUT2D eigenvalue weighted by atomic mass is 16.5. The van der Waals surface area contributed by atoms with Gasteiger partial charge in [-0.25, -0.2) is 4.79 Å². The number of hydrogen-bond donors (Lipinski definition) is 2. The summed E-state index contributed by atoms with van der Waals surface area (Å²) in [7, 11) is 1.32. The minimum atomic E-state index is -0.618. The van der Waals surface area contributed by atoms with E-state index in [1.54, 1.807) is 0 Å². The molecule has 1 amide bonds. The summed E-state index contributed by atoms with van der Waals surface area (Å²) in [5.74, 6) is -0.0858. The van der Waals surface area contributed by atoms with Crippen LogP contribution in [-0.2, 0) is 19.1 Å². The molecular weight excluding hydrogens is 236 g/mol. The van der Waals surface area contributed by atoms with Crippen molar-refractivity contribution in [2.45, 2.75) is 25.8 Å². The summed E-state index contributed by atoms with van der Waals surface area (Å²) >= 11 is 0. The molecule has 1 rings (SSSR count). The second-order valence-electron chi connectivity index (χ2n) is 4.49. The fraction of sp³-hybridized carbons (Fsp3) is 0.833. The van der Waals surface area contributed by atoms with Gasteiger partial charge >= 0.3 is 5.97 Å². The zero-order valence-corrected chi connectivity index (χ0v) is 11.0. The first-order valence-electron chi connectivity index (χ1n) is 6.27. The Balaban J connectivity index is 2.27. The predicted octanol–water partition coefficient (Wildman–Crippen LogP) is -0.320. The van der Waals surface area contributed by atoms with Crippen LogP contribution in [0.25, 0.3) is 0 Å². The Kier molecular flexibility index (Phi) is 6.67. The molecule has 0 saturated carbocycles. The maximum Gasteiger partial charge on any atom is 0.329 e. The van der Waals surface area contributed by atoms with Crippen molar-refractivity contribution < 1.29 is 19.1 Å². The molecule has 0 radical (unpaired) electrons. The third-order valence-corrected chi connectivity index (χ3v) is 2.99. The second-order valence-corrected chi connectivity index (χ2v) is 4.49. The highest BCUT2D eigenvalue weighted by Gasteiger charge is 2.20. The van der Waals surface area contributed by atoms with E-state index in [0.717, 1.165) is 32.6 Å². The SMILES string of the molecule is COC(=O)C(CNCC1CCOCC1)NC(C)=O. The molecule has 2 N–H and O–H groups in total. The molecule has 1 unspecified atom stereocenters. The lowest BCUT2D eigenvalue weighted by Crippen LogP contribution is -2.48. The van der Waals surface area contributed by atoms with E-state index in [0.29, 0.717) is 12.5 Å². The van der Waals surface area contributed by atoms with Gasteiger partial charge in [0.05, 0.1) is 7.11 Å². The van der Waals surface area contributed by atoms with Crippen LogP contribution < -0.4 is 10.6 Å². The van der Waals surface area contributed by atoms with Crippen LogP contribution in [-0.4, -0.2) is 51.3 Å². The summed E-state index contributed by atoms with van der Waals surface area (Å²) < 4.78 is 9.92. The van der Waals surface area contributed by atoms with Gasteiger partial charge in [-0.1, -0.05) is 0 Å². The third-order valence-electron chi connectivity index (χ3n) is 2.99. The summed E-state index contributed by atoms with van der Waals surface area (Å²) in [6.07, 6.45) is 2.08. The van der Waals surface area contributed by atoms with E-state index in [1.807, 2.05) is 0 Å². The Hall–Kier alpha value is -1.14. The van der Waals surface area contributed by atoms with E-state index in [1.165, 1.54) is 14.0 Å². The molecule has 1 fully saturated rings. The van der Waals surface area contributed by atoms with E-state index >= 15 is 0 Å². The molecule has 1 saturated heterocycles. The van der Waals surface area contributed by atoms with Crippen LogP contribution in [0.2, 0.25) is 0 Å². The van der Waals surface area contributed by atoms with Crippen LogP contribution in [0.5, 0.6) is 0 Å². The predicted molar refractivity (Wildman–Crippen MR) is 66.0 cm³/mol. The van der Waals surface area contributed by atoms with Gasteiger partial charge in [-0.15, -0.1) is 0 Å². The second kappa shape index (κ2) is 8.05. The normalized spacial score (nSPS) is 18.1. The lowest BCUT2D eigenvalue weighted by molar-refractivity contribution is -0.144. The molecule has 0 aromatic carbocycles. The minimum Gasteiger partial charge on any atom is -0.467 e. The standard InChI is InChI=1S/C12H22N2O4/c1-9(15)14-11(12(16)17-2)8-13-7-10-3-5-18-6-4-10/h10-11,13H,3-8H2,1-2H3,(H,14,15). The molecule has 0 aliphatic carbocycles. The number of methoxy groups -OCH3 is 1. The molecule has 1 atom stereocenters. The molecule has 1 heterocycles. The quantitative estimate of drug-likeness (QED) is 0.639. The first kappa shape index (κ1) is 14.9. The van der Waals surface area contributed by atoms with Crippen LogP contribution >= 0.6 is 0 Å². The summed E-state index contributed by atoms with van der Waals surface area (Å²) in [5.41, 5.74) is 0. The zero-order chi connectivity index (χ0) is 13.4. The monoisotopic (exact) mass is 258 g/mol. The fourth-order valence-corrected chi connectivity index (χ4v) is 1.96. The van der Waals surface area contributed by atoms with E-state index < -0.39 is 12.0 Å². The first-order chi connectivity index (χ1) is 8.63. The molecule has 1 aliphatic rings. The number of nitrogens with one attached hydrogen (secondary N) is 2. The largest absolute Gasteiger partial charge is 0.467 e. The summed E-state index contributed by atoms with van der Waals surface area (Å²) in [4.78, 5) is 22.4. The van der Waals surface area contributed by atoms with Crippen LogP contribution in [0.1, 0.15) is 19.8 Å². The van der Waals surface area contributed by atoms with Crippen LogP contribution in [0.15, 0.2) is 0 Å². The van der Waals surface area contributed by atoms with Crippen molar-refractivity contribution >= 4 is 11.9 Å². The molecule has 6 nitrogen and oxygen atoms in total. The Morgan fingerprint density at radius 2 is 2.06 bits per heavy atom. The molecule has 0 aromatic heterocycles. The van der Waals surface area contributed by atoms with Gasteiger partial charge in [-0.05, 0) is 25.3 Å². The number of hydrogen-bond acceptors (Lipinski definition) is 5. The van der Waals surface area contributed by atoms with E-state index in [-0.39, 0.29) is 5.91 Å². The van der Waals surface area contributed by atoms with Crippen molar-refractivity contribution in [1.29, 1.82) is 0 Å². The number of ether oxygens (including phenoxy) is 2. The summed E-state index contributed by atoms with van der Waals surface area (Å²) in [5, 5.41) is 5.77. The van der Waals surface area contributed by atoms with Crippen LogP contribution in [0.4, 0.5) is 0 Å². The number of carbonyl (C=O) groups is 2. The molecule has 18 heavy (non-hydrogen) atoms. The molecule has 6 heteroatoms. The molecule has 1 aliphatic heterocycles. The van der Waals surface area contributed by atoms with Crippen molar-refractivity contribution in [3.8, 4) is 0 Å². The number of amides is 1. The van der Waals surface area contributed by atoms with Crippen LogP contribution in [0.3, 0.4) is 0 Å². The fourth-order valence-electron chi connectivity index (χ4n) is 1.96. The highest BCUT2D eigenvalue weighted by molar-refractivity contribution is 5.83. The van der Waals surface area contributed by atoms with Gasteiger partial charge in [0.2, 0.25) is 5.91 Å². The Bertz CT molecular complexity index is 277. The molecule has 104 valence electrons. The maximum atomic E-state index is 11.4. The summed E-state index contributed by atoms with van der Waals surface area (Å²) in [6.45, 7) is 4.21. The smallest absolute Gasteiger partial charge is 0.329 e. The lowest BCUT2D eigenvalue weighted by Gasteiger charge is -2.23. The zero-order valence-electron chi connectivity index (χ0n) is 11.0. The Morgan fingerprint density at radius 3 is 2.61 bits per heavy atom. The van der Waals surface area contributed by atoms with Crippen molar-refractivity contribution in [1.82, 2.24) is 10.6 Å². The average Bonchev–Trinajstić information content (AvgIpc) is 2.37. The third kappa shape index (κ3) is 5.46. The topological polar surface area (TPSA) is 76.7 Å². The van der Waals surface area contributed by atoms with E-state index in [2.05, 4.69) is 15.4 Å². The average molecular weight is 258 g/mol. The minimum absolute atomic E-state index is 0.238. The van der Waals surface area contributed by atoms with Crippen molar-refractivity contribution in [2.24, 2.45) is 5.92 Å². The van der Waals surface area contributed by atoms with Crippen molar-refractivity contribution in [3.63, 3.8) is 0 Å².